The first kappa shape index (κ1) is 14.9. The van der Waals surface area contributed by atoms with Crippen molar-refractivity contribution in [2.75, 3.05) is 20.7 Å². The maximum Gasteiger partial charge on any atom is 0.163 e. The van der Waals surface area contributed by atoms with Crippen LogP contribution in [-0.4, -0.2) is 37.4 Å². The maximum absolute atomic E-state index is 12.1. The zero-order valence-corrected chi connectivity index (χ0v) is 14.3. The highest BCUT2D eigenvalue weighted by Crippen LogP contribution is 2.56. The van der Waals surface area contributed by atoms with Crippen LogP contribution in [0.5, 0.6) is 5.75 Å². The van der Waals surface area contributed by atoms with E-state index in [0.29, 0.717) is 12.0 Å². The van der Waals surface area contributed by atoms with Crippen LogP contribution in [0.4, 0.5) is 0 Å². The molecule has 1 aliphatic heterocycles. The number of ketones is 1. The number of carbonyl (C=O) groups excluding carboxylic acids is 1. The highest BCUT2D eigenvalue weighted by Gasteiger charge is 2.53. The molecule has 2 aliphatic carbocycles. The molecule has 2 bridgehead atoms. The van der Waals surface area contributed by atoms with Crippen molar-refractivity contribution in [2.45, 2.75) is 44.1 Å². The summed E-state index contributed by atoms with van der Waals surface area (Å²) in [5.74, 6) is 1.48. The van der Waals surface area contributed by atoms with Gasteiger partial charge in [-0.3, -0.25) is 4.79 Å². The van der Waals surface area contributed by atoms with Gasteiger partial charge in [-0.15, -0.1) is 0 Å². The highest BCUT2D eigenvalue weighted by atomic mass is 16.5. The second-order valence-electron chi connectivity index (χ2n) is 7.39. The van der Waals surface area contributed by atoms with Gasteiger partial charge < -0.3 is 9.64 Å². The third kappa shape index (κ3) is 1.96. The average molecular weight is 311 g/mol. The van der Waals surface area contributed by atoms with Crippen LogP contribution in [0.25, 0.3) is 0 Å². The Kier molecular flexibility index (Phi) is 3.38. The second-order valence-corrected chi connectivity index (χ2v) is 7.39. The van der Waals surface area contributed by atoms with Crippen LogP contribution in [0, 0.1) is 5.92 Å². The first-order chi connectivity index (χ1) is 11.1. The Bertz CT molecular complexity index is 693. The number of hydrogen-bond donors (Lipinski definition) is 0. The molecular weight excluding hydrogens is 286 g/mol. The molecule has 1 aromatic rings. The highest BCUT2D eigenvalue weighted by molar-refractivity contribution is 5.97. The fraction of sp³-hybridized carbons (Fsp3) is 0.550. The minimum atomic E-state index is 0.0963. The van der Waals surface area contributed by atoms with E-state index in [1.165, 1.54) is 17.5 Å². The summed E-state index contributed by atoms with van der Waals surface area (Å²) in [6.07, 6.45) is 9.29. The molecular formula is C20H25NO2. The third-order valence-electron chi connectivity index (χ3n) is 6.38. The van der Waals surface area contributed by atoms with E-state index >= 15 is 0 Å². The molecule has 0 saturated carbocycles. The first-order valence-electron chi connectivity index (χ1n) is 8.66. The molecule has 1 fully saturated rings. The van der Waals surface area contributed by atoms with E-state index in [1.54, 1.807) is 14.0 Å². The summed E-state index contributed by atoms with van der Waals surface area (Å²) in [7, 11) is 3.97. The standard InChI is InChI=1S/C20H25NO2/c1-13(22)15-8-7-14-12-17-16-6-4-5-9-20(16,10-11-21(17)2)18(14)19(15)23-3/h4,6-8,16-17H,5,9-12H2,1-3H3. The maximum atomic E-state index is 12.1. The summed E-state index contributed by atoms with van der Waals surface area (Å²) in [5.41, 5.74) is 3.61. The van der Waals surface area contributed by atoms with Crippen LogP contribution >= 0.6 is 0 Å². The Balaban J connectivity index is 1.99. The summed E-state index contributed by atoms with van der Waals surface area (Å²) in [6, 6.07) is 4.71. The lowest BCUT2D eigenvalue weighted by Gasteiger charge is -2.57. The molecule has 3 nitrogen and oxygen atoms in total. The number of allylic oxidation sites excluding steroid dienone is 1. The van der Waals surface area contributed by atoms with Gasteiger partial charge in [0.05, 0.1) is 12.7 Å². The number of carbonyl (C=O) groups is 1. The van der Waals surface area contributed by atoms with Gasteiger partial charge in [-0.25, -0.2) is 0 Å². The molecule has 122 valence electrons. The molecule has 3 unspecified atom stereocenters. The minimum Gasteiger partial charge on any atom is -0.496 e. The number of nitrogens with zero attached hydrogens (tertiary/aromatic N) is 1. The molecule has 0 N–H and O–H groups in total. The number of Topliss-reactive ketones (excluding diaryl/α,β-unsaturated/α-hetero) is 1. The largest absolute Gasteiger partial charge is 0.496 e. The number of likely N-dealkylation sites (tertiary alicyclic amines) is 1. The number of piperidine rings is 1. The second kappa shape index (κ2) is 5.20. The fourth-order valence-electron chi connectivity index (χ4n) is 5.29. The van der Waals surface area contributed by atoms with E-state index in [2.05, 4.69) is 30.2 Å². The molecule has 23 heavy (non-hydrogen) atoms. The zero-order chi connectivity index (χ0) is 16.2. The third-order valence-corrected chi connectivity index (χ3v) is 6.38. The summed E-state index contributed by atoms with van der Waals surface area (Å²) < 4.78 is 5.81. The molecule has 0 aromatic heterocycles. The molecule has 1 heterocycles. The normalized spacial score (nSPS) is 32.1. The molecule has 3 heteroatoms. The van der Waals surface area contributed by atoms with Crippen molar-refractivity contribution in [1.29, 1.82) is 0 Å². The number of likely N-dealkylation sites (N-methyl/N-ethyl adjacent to an activating group) is 1. The van der Waals surface area contributed by atoms with E-state index in [1.807, 2.05) is 6.07 Å². The van der Waals surface area contributed by atoms with Gasteiger partial charge in [0.2, 0.25) is 0 Å². The van der Waals surface area contributed by atoms with Crippen LogP contribution in [0.15, 0.2) is 24.3 Å². The van der Waals surface area contributed by atoms with Gasteiger partial charge in [-0.05, 0) is 57.8 Å². The Morgan fingerprint density at radius 2 is 2.17 bits per heavy atom. The van der Waals surface area contributed by atoms with Crippen molar-refractivity contribution in [3.8, 4) is 5.75 Å². The van der Waals surface area contributed by atoms with E-state index < -0.39 is 0 Å². The predicted octanol–water partition coefficient (Wildman–Crippen LogP) is 3.36. The van der Waals surface area contributed by atoms with Gasteiger partial charge in [0.15, 0.2) is 5.78 Å². The average Bonchev–Trinajstić information content (AvgIpc) is 2.56. The van der Waals surface area contributed by atoms with Gasteiger partial charge in [0, 0.05) is 22.9 Å². The van der Waals surface area contributed by atoms with E-state index in [9.17, 15) is 4.79 Å². The summed E-state index contributed by atoms with van der Waals surface area (Å²) in [4.78, 5) is 14.6. The van der Waals surface area contributed by atoms with Crippen LogP contribution in [0.2, 0.25) is 0 Å². The number of hydrogen-bond acceptors (Lipinski definition) is 3. The molecule has 0 spiro atoms. The Hall–Kier alpha value is -1.61. The van der Waals surface area contributed by atoms with Crippen molar-refractivity contribution in [3.05, 3.63) is 41.0 Å². The summed E-state index contributed by atoms with van der Waals surface area (Å²) >= 11 is 0. The molecule has 3 atom stereocenters. The van der Waals surface area contributed by atoms with Crippen molar-refractivity contribution < 1.29 is 9.53 Å². The van der Waals surface area contributed by atoms with Crippen molar-refractivity contribution in [3.63, 3.8) is 0 Å². The van der Waals surface area contributed by atoms with Crippen molar-refractivity contribution in [1.82, 2.24) is 4.90 Å². The molecule has 0 amide bonds. The van der Waals surface area contributed by atoms with Crippen molar-refractivity contribution >= 4 is 5.78 Å². The van der Waals surface area contributed by atoms with Gasteiger partial charge in [-0.2, -0.15) is 0 Å². The van der Waals surface area contributed by atoms with E-state index in [-0.39, 0.29) is 11.2 Å². The lowest BCUT2D eigenvalue weighted by molar-refractivity contribution is 0.0459. The van der Waals surface area contributed by atoms with Crippen LogP contribution in [0.3, 0.4) is 0 Å². The lowest BCUT2D eigenvalue weighted by atomic mass is 9.53. The lowest BCUT2D eigenvalue weighted by Crippen LogP contribution is -2.59. The quantitative estimate of drug-likeness (QED) is 0.619. The molecule has 1 aromatic carbocycles. The first-order valence-corrected chi connectivity index (χ1v) is 8.66. The van der Waals surface area contributed by atoms with Crippen LogP contribution < -0.4 is 4.74 Å². The number of fused-ring (bicyclic) bond motifs is 1. The van der Waals surface area contributed by atoms with Crippen molar-refractivity contribution in [2.24, 2.45) is 5.92 Å². The van der Waals surface area contributed by atoms with Gasteiger partial charge in [0.1, 0.15) is 5.75 Å². The molecule has 0 radical (unpaired) electrons. The zero-order valence-electron chi connectivity index (χ0n) is 14.3. The monoisotopic (exact) mass is 311 g/mol. The molecule has 1 saturated heterocycles. The smallest absolute Gasteiger partial charge is 0.163 e. The van der Waals surface area contributed by atoms with Gasteiger partial charge >= 0.3 is 0 Å². The van der Waals surface area contributed by atoms with Gasteiger partial charge in [0.25, 0.3) is 0 Å². The number of rotatable bonds is 2. The predicted molar refractivity (Wildman–Crippen MR) is 91.3 cm³/mol. The van der Waals surface area contributed by atoms with Gasteiger partial charge in [-0.1, -0.05) is 18.2 Å². The number of benzene rings is 1. The fourth-order valence-corrected chi connectivity index (χ4v) is 5.29. The Labute approximate surface area is 138 Å². The molecule has 3 aliphatic rings. The summed E-state index contributed by atoms with van der Waals surface area (Å²) in [5, 5.41) is 0. The Morgan fingerprint density at radius 1 is 1.35 bits per heavy atom. The number of methoxy groups -OCH3 is 1. The number of ether oxygens (including phenoxy) is 1. The van der Waals surface area contributed by atoms with Crippen LogP contribution in [-0.2, 0) is 11.8 Å². The van der Waals surface area contributed by atoms with E-state index in [4.69, 9.17) is 4.74 Å². The minimum absolute atomic E-state index is 0.0963. The topological polar surface area (TPSA) is 29.5 Å². The Morgan fingerprint density at radius 3 is 2.91 bits per heavy atom. The van der Waals surface area contributed by atoms with Crippen LogP contribution in [0.1, 0.15) is 47.7 Å². The summed E-state index contributed by atoms with van der Waals surface area (Å²) in [6.45, 7) is 2.77. The molecule has 4 rings (SSSR count). The SMILES string of the molecule is COc1c(C(C)=O)ccc2c1C13CCC=CC1C(C2)N(C)CC3. The van der Waals surface area contributed by atoms with E-state index in [0.717, 1.165) is 37.1 Å².